The van der Waals surface area contributed by atoms with Gasteiger partial charge in [-0.05, 0) is 55.5 Å². The van der Waals surface area contributed by atoms with Gasteiger partial charge in [0.05, 0.1) is 23.3 Å². The normalized spacial score (nSPS) is 17.0. The van der Waals surface area contributed by atoms with E-state index >= 15 is 0 Å². The lowest BCUT2D eigenvalue weighted by Crippen LogP contribution is -2.50. The molecule has 1 unspecified atom stereocenters. The first kappa shape index (κ1) is 28.1. The van der Waals surface area contributed by atoms with Crippen molar-refractivity contribution in [3.8, 4) is 17.1 Å². The van der Waals surface area contributed by atoms with Crippen molar-refractivity contribution in [3.05, 3.63) is 66.0 Å². The van der Waals surface area contributed by atoms with E-state index < -0.39 is 18.5 Å². The van der Waals surface area contributed by atoms with Gasteiger partial charge in [0.2, 0.25) is 11.8 Å². The summed E-state index contributed by atoms with van der Waals surface area (Å²) in [6.07, 6.45) is 0.339. The molecule has 0 spiro atoms. The second-order valence-electron chi connectivity index (χ2n) is 11.1. The number of ether oxygens (including phenoxy) is 1. The van der Waals surface area contributed by atoms with Crippen LogP contribution in [0.4, 0.5) is 13.2 Å². The van der Waals surface area contributed by atoms with Crippen molar-refractivity contribution in [1.82, 2.24) is 34.7 Å². The Morgan fingerprint density at radius 3 is 2.64 bits per heavy atom. The average molecular weight is 580 g/mol. The fraction of sp³-hybridized carbons (Fsp3) is 0.433. The highest BCUT2D eigenvalue weighted by atomic mass is 19.4. The van der Waals surface area contributed by atoms with Crippen LogP contribution < -0.4 is 4.74 Å². The van der Waals surface area contributed by atoms with Crippen LogP contribution in [0, 0.1) is 5.92 Å². The summed E-state index contributed by atoms with van der Waals surface area (Å²) in [7, 11) is 0. The molecule has 1 aliphatic carbocycles. The third-order valence-electron chi connectivity index (χ3n) is 7.87. The summed E-state index contributed by atoms with van der Waals surface area (Å²) in [5, 5.41) is 0. The van der Waals surface area contributed by atoms with Gasteiger partial charge in [0.15, 0.2) is 0 Å². The quantitative estimate of drug-likeness (QED) is 0.300. The van der Waals surface area contributed by atoms with Gasteiger partial charge in [0, 0.05) is 62.2 Å². The minimum atomic E-state index is -4.48. The monoisotopic (exact) mass is 579 g/mol. The molecule has 9 nitrogen and oxygen atoms in total. The highest BCUT2D eigenvalue weighted by Crippen LogP contribution is 2.30. The zero-order valence-corrected chi connectivity index (χ0v) is 23.3. The summed E-state index contributed by atoms with van der Waals surface area (Å²) in [5.74, 6) is 1.14. The van der Waals surface area contributed by atoms with Crippen LogP contribution in [-0.4, -0.2) is 79.6 Å². The highest BCUT2D eigenvalue weighted by Gasteiger charge is 2.35. The summed E-state index contributed by atoms with van der Waals surface area (Å²) in [4.78, 5) is 36.8. The fourth-order valence-corrected chi connectivity index (χ4v) is 5.25. The largest absolute Gasteiger partial charge is 0.477 e. The molecule has 4 heterocycles. The number of alkyl halides is 3. The minimum absolute atomic E-state index is 0.0239. The van der Waals surface area contributed by atoms with Gasteiger partial charge < -0.3 is 14.6 Å². The van der Waals surface area contributed by atoms with Gasteiger partial charge in [-0.2, -0.15) is 13.2 Å². The number of amides is 1. The van der Waals surface area contributed by atoms with E-state index in [0.717, 1.165) is 39.4 Å². The molecule has 42 heavy (non-hydrogen) atoms. The summed E-state index contributed by atoms with van der Waals surface area (Å²) in [5.41, 5.74) is 5.36. The molecule has 6 rings (SSSR count). The molecule has 12 heteroatoms. The zero-order valence-electron chi connectivity index (χ0n) is 23.3. The molecule has 2 fully saturated rings. The number of carbonyl (C=O) groups is 1. The molecule has 1 N–H and O–H groups in total. The number of fused-ring (bicyclic) bond motifs is 1. The number of H-pyrrole nitrogens is 1. The summed E-state index contributed by atoms with van der Waals surface area (Å²) < 4.78 is 43.6. The number of hydrogen-bond acceptors (Lipinski definition) is 7. The Labute approximate surface area is 241 Å². The molecular weight excluding hydrogens is 547 g/mol. The lowest BCUT2D eigenvalue weighted by Gasteiger charge is -2.38. The van der Waals surface area contributed by atoms with Crippen LogP contribution in [0.1, 0.15) is 49.3 Å². The number of hydrogen-bond donors (Lipinski definition) is 1. The number of imidazole rings is 1. The number of aromatic amines is 1. The van der Waals surface area contributed by atoms with Crippen LogP contribution >= 0.6 is 0 Å². The second kappa shape index (κ2) is 11.7. The van der Waals surface area contributed by atoms with Crippen LogP contribution in [-0.2, 0) is 11.2 Å². The molecular formula is C30H32F3N7O2. The maximum atomic E-state index is 12.6. The number of nitrogens with zero attached hydrogens (tertiary/aromatic N) is 6. The smallest absolute Gasteiger partial charge is 0.397 e. The SMILES string of the molecule is CC(c1ccnc(Cc2nc3ccc(-c4cc(OCC5CC5)ncn4)cc3[nH]2)c1)N1CCN(C(=O)CC(F)(F)F)CC1. The Morgan fingerprint density at radius 2 is 1.88 bits per heavy atom. The predicted octanol–water partition coefficient (Wildman–Crippen LogP) is 4.95. The third-order valence-corrected chi connectivity index (χ3v) is 7.87. The van der Waals surface area contributed by atoms with E-state index in [9.17, 15) is 18.0 Å². The number of rotatable bonds is 9. The molecule has 2 aliphatic rings. The van der Waals surface area contributed by atoms with Crippen LogP contribution in [0.15, 0.2) is 48.9 Å². The van der Waals surface area contributed by atoms with Crippen molar-refractivity contribution in [1.29, 1.82) is 0 Å². The number of pyridine rings is 1. The van der Waals surface area contributed by atoms with E-state index in [1.54, 1.807) is 6.20 Å². The fourth-order valence-electron chi connectivity index (χ4n) is 5.25. The van der Waals surface area contributed by atoms with Crippen molar-refractivity contribution >= 4 is 16.9 Å². The van der Waals surface area contributed by atoms with Crippen molar-refractivity contribution in [2.24, 2.45) is 5.92 Å². The first-order chi connectivity index (χ1) is 20.2. The van der Waals surface area contributed by atoms with E-state index in [1.165, 1.54) is 24.1 Å². The Hall–Kier alpha value is -4.06. The zero-order chi connectivity index (χ0) is 29.3. The van der Waals surface area contributed by atoms with Crippen molar-refractivity contribution < 1.29 is 22.7 Å². The molecule has 1 atom stereocenters. The highest BCUT2D eigenvalue weighted by molar-refractivity contribution is 5.81. The van der Waals surface area contributed by atoms with Crippen LogP contribution in [0.25, 0.3) is 22.3 Å². The topological polar surface area (TPSA) is 100 Å². The van der Waals surface area contributed by atoms with E-state index in [4.69, 9.17) is 9.72 Å². The molecule has 4 aromatic rings. The first-order valence-corrected chi connectivity index (χ1v) is 14.2. The van der Waals surface area contributed by atoms with Gasteiger partial charge >= 0.3 is 6.18 Å². The van der Waals surface area contributed by atoms with Crippen LogP contribution in [0.2, 0.25) is 0 Å². The van der Waals surface area contributed by atoms with Gasteiger partial charge in [0.25, 0.3) is 0 Å². The molecule has 1 aliphatic heterocycles. The molecule has 1 saturated carbocycles. The van der Waals surface area contributed by atoms with E-state index in [1.807, 2.05) is 36.4 Å². The molecule has 1 aromatic carbocycles. The lowest BCUT2D eigenvalue weighted by atomic mass is 10.1. The van der Waals surface area contributed by atoms with E-state index in [-0.39, 0.29) is 19.1 Å². The lowest BCUT2D eigenvalue weighted by molar-refractivity contribution is -0.162. The Bertz CT molecular complexity index is 1560. The minimum Gasteiger partial charge on any atom is -0.477 e. The maximum Gasteiger partial charge on any atom is 0.397 e. The Morgan fingerprint density at radius 1 is 1.07 bits per heavy atom. The van der Waals surface area contributed by atoms with Gasteiger partial charge in [-0.1, -0.05) is 6.07 Å². The van der Waals surface area contributed by atoms with Crippen LogP contribution in [0.3, 0.4) is 0 Å². The molecule has 3 aromatic heterocycles. The van der Waals surface area contributed by atoms with E-state index in [0.29, 0.717) is 37.9 Å². The first-order valence-electron chi connectivity index (χ1n) is 14.2. The molecule has 220 valence electrons. The average Bonchev–Trinajstić information content (AvgIpc) is 3.72. The summed E-state index contributed by atoms with van der Waals surface area (Å²) >= 11 is 0. The summed E-state index contributed by atoms with van der Waals surface area (Å²) in [6, 6.07) is 11.8. The third kappa shape index (κ3) is 6.87. The summed E-state index contributed by atoms with van der Waals surface area (Å²) in [6.45, 7) is 4.33. The van der Waals surface area contributed by atoms with Gasteiger partial charge in [-0.25, -0.2) is 15.0 Å². The number of halogens is 3. The van der Waals surface area contributed by atoms with Crippen molar-refractivity contribution in [2.75, 3.05) is 32.8 Å². The van der Waals surface area contributed by atoms with Crippen LogP contribution in [0.5, 0.6) is 5.88 Å². The van der Waals surface area contributed by atoms with Crippen molar-refractivity contribution in [3.63, 3.8) is 0 Å². The standard InChI is InChI=1S/C30H32F3N7O2/c1-19(39-8-10-40(11-9-39)29(41)16-30(31,32)33)21-6-7-34-23(12-21)14-27-37-24-5-4-22(13-26(24)38-27)25-15-28(36-18-35-25)42-17-20-2-3-20/h4-7,12-13,15,18-20H,2-3,8-11,14,16-17H2,1H3,(H,37,38). The number of nitrogens with one attached hydrogen (secondary N) is 1. The molecule has 0 bridgehead atoms. The number of benzene rings is 1. The van der Waals surface area contributed by atoms with Gasteiger partial charge in [0.1, 0.15) is 18.6 Å². The van der Waals surface area contributed by atoms with Gasteiger partial charge in [-0.3, -0.25) is 14.7 Å². The Kier molecular flexibility index (Phi) is 7.80. The maximum absolute atomic E-state index is 12.6. The predicted molar refractivity (Wildman–Crippen MR) is 150 cm³/mol. The van der Waals surface area contributed by atoms with E-state index in [2.05, 4.69) is 31.8 Å². The second-order valence-corrected chi connectivity index (χ2v) is 11.1. The number of carbonyl (C=O) groups excluding carboxylic acids is 1. The number of piperazine rings is 1. The Balaban J connectivity index is 1.09. The molecule has 0 radical (unpaired) electrons. The van der Waals surface area contributed by atoms with Gasteiger partial charge in [-0.15, -0.1) is 0 Å². The van der Waals surface area contributed by atoms with Crippen molar-refractivity contribution in [2.45, 2.75) is 44.8 Å². The number of aromatic nitrogens is 5. The molecule has 1 amide bonds. The molecule has 1 saturated heterocycles.